The van der Waals surface area contributed by atoms with Crippen molar-refractivity contribution < 1.29 is 32.2 Å². The smallest absolute Gasteiger partial charge is 0.325 e. The summed E-state index contributed by atoms with van der Waals surface area (Å²) in [7, 11) is -2.33. The van der Waals surface area contributed by atoms with Crippen LogP contribution in [-0.2, 0) is 26.1 Å². The lowest BCUT2D eigenvalue weighted by atomic mass is 10.0. The third-order valence-corrected chi connectivity index (χ3v) is 9.49. The minimum atomic E-state index is -3.62. The van der Waals surface area contributed by atoms with Crippen LogP contribution in [0.5, 0.6) is 11.5 Å². The van der Waals surface area contributed by atoms with E-state index in [9.17, 15) is 18.0 Å². The highest BCUT2D eigenvalue weighted by Gasteiger charge is 2.28. The van der Waals surface area contributed by atoms with Crippen molar-refractivity contribution in [2.45, 2.75) is 31.2 Å². The lowest BCUT2D eigenvalue weighted by Crippen LogP contribution is -2.37. The number of aromatic nitrogens is 1. The standard InChI is InChI=1S/C25H27N3O7S2/c1-16-7-9-27(10-8-16)37(31,32)18-5-3-17(4-6-18)24(30)26-25-28(15-23(29)33-2)19-13-20-21(14-22(19)36-25)35-12-11-34-20/h3-6,13-14,16H,7-12,15H2,1-2H3. The van der Waals surface area contributed by atoms with E-state index in [0.29, 0.717) is 54.0 Å². The first-order valence-corrected chi connectivity index (χ1v) is 14.2. The normalized spacial score (nSPS) is 17.2. The van der Waals surface area contributed by atoms with E-state index in [4.69, 9.17) is 14.2 Å². The van der Waals surface area contributed by atoms with Crippen molar-refractivity contribution in [1.82, 2.24) is 8.87 Å². The Morgan fingerprint density at radius 3 is 2.38 bits per heavy atom. The van der Waals surface area contributed by atoms with Crippen LogP contribution >= 0.6 is 11.3 Å². The number of amides is 1. The van der Waals surface area contributed by atoms with Crippen LogP contribution in [-0.4, -0.2) is 62.6 Å². The van der Waals surface area contributed by atoms with E-state index in [1.807, 2.05) is 0 Å². The van der Waals surface area contributed by atoms with E-state index in [1.54, 1.807) is 16.7 Å². The predicted molar refractivity (Wildman–Crippen MR) is 136 cm³/mol. The highest BCUT2D eigenvalue weighted by molar-refractivity contribution is 7.89. The molecule has 0 aliphatic carbocycles. The molecule has 0 spiro atoms. The summed E-state index contributed by atoms with van der Waals surface area (Å²) in [6.07, 6.45) is 1.66. The number of nitrogens with zero attached hydrogens (tertiary/aromatic N) is 3. The summed E-state index contributed by atoms with van der Waals surface area (Å²) in [6.45, 7) is 3.81. The number of carbonyl (C=O) groups excluding carboxylic acids is 2. The minimum Gasteiger partial charge on any atom is -0.486 e. The molecule has 1 aromatic heterocycles. The molecule has 0 saturated carbocycles. The summed E-state index contributed by atoms with van der Waals surface area (Å²) in [6, 6.07) is 9.35. The number of benzene rings is 2. The van der Waals surface area contributed by atoms with Gasteiger partial charge in [0.15, 0.2) is 16.3 Å². The fraction of sp³-hybridized carbons (Fsp3) is 0.400. The molecule has 12 heteroatoms. The molecule has 3 heterocycles. The first-order chi connectivity index (χ1) is 17.8. The second-order valence-electron chi connectivity index (χ2n) is 9.04. The number of thiazole rings is 1. The fourth-order valence-corrected chi connectivity index (χ4v) is 6.84. The molecule has 5 rings (SSSR count). The van der Waals surface area contributed by atoms with Gasteiger partial charge in [0.05, 0.1) is 22.2 Å². The van der Waals surface area contributed by atoms with Crippen molar-refractivity contribution in [1.29, 1.82) is 0 Å². The molecule has 0 unspecified atom stereocenters. The van der Waals surface area contributed by atoms with Crippen LogP contribution in [0.3, 0.4) is 0 Å². The molecule has 2 aliphatic heterocycles. The molecule has 0 atom stereocenters. The van der Waals surface area contributed by atoms with Gasteiger partial charge in [0.1, 0.15) is 19.8 Å². The van der Waals surface area contributed by atoms with E-state index in [-0.39, 0.29) is 17.0 Å². The number of hydrogen-bond acceptors (Lipinski definition) is 8. The van der Waals surface area contributed by atoms with Gasteiger partial charge in [-0.25, -0.2) is 8.42 Å². The van der Waals surface area contributed by atoms with Gasteiger partial charge in [0, 0.05) is 30.8 Å². The van der Waals surface area contributed by atoms with E-state index < -0.39 is 21.9 Å². The Morgan fingerprint density at radius 2 is 1.73 bits per heavy atom. The zero-order valence-electron chi connectivity index (χ0n) is 20.5. The van der Waals surface area contributed by atoms with E-state index >= 15 is 0 Å². The highest BCUT2D eigenvalue weighted by atomic mass is 32.2. The van der Waals surface area contributed by atoms with Crippen molar-refractivity contribution in [2.24, 2.45) is 10.9 Å². The molecule has 0 radical (unpaired) electrons. The Morgan fingerprint density at radius 1 is 1.08 bits per heavy atom. The Kier molecular flexibility index (Phi) is 7.06. The maximum atomic E-state index is 13.1. The van der Waals surface area contributed by atoms with Crippen LogP contribution in [0, 0.1) is 5.92 Å². The summed E-state index contributed by atoms with van der Waals surface area (Å²) in [5.74, 6) is 0.591. The van der Waals surface area contributed by atoms with Gasteiger partial charge in [-0.15, -0.1) is 0 Å². The number of sulfonamides is 1. The summed E-state index contributed by atoms with van der Waals surface area (Å²) >= 11 is 1.23. The molecule has 37 heavy (non-hydrogen) atoms. The van der Waals surface area contributed by atoms with Gasteiger partial charge in [-0.1, -0.05) is 18.3 Å². The topological polar surface area (TPSA) is 117 Å². The van der Waals surface area contributed by atoms with Gasteiger partial charge in [-0.05, 0) is 43.0 Å². The van der Waals surface area contributed by atoms with E-state index in [0.717, 1.165) is 17.5 Å². The molecule has 2 aliphatic rings. The van der Waals surface area contributed by atoms with Crippen molar-refractivity contribution >= 4 is 43.5 Å². The largest absolute Gasteiger partial charge is 0.486 e. The van der Waals surface area contributed by atoms with Gasteiger partial charge in [0.2, 0.25) is 10.0 Å². The van der Waals surface area contributed by atoms with Crippen molar-refractivity contribution in [3.05, 3.63) is 46.8 Å². The average Bonchev–Trinajstić information content (AvgIpc) is 3.22. The van der Waals surface area contributed by atoms with Gasteiger partial charge in [-0.3, -0.25) is 9.59 Å². The van der Waals surface area contributed by atoms with Gasteiger partial charge in [-0.2, -0.15) is 9.30 Å². The van der Waals surface area contributed by atoms with Gasteiger partial charge >= 0.3 is 5.97 Å². The molecule has 0 bridgehead atoms. The Hall–Kier alpha value is -3.22. The first-order valence-electron chi connectivity index (χ1n) is 12.0. The number of rotatable bonds is 5. The summed E-state index contributed by atoms with van der Waals surface area (Å²) in [5.41, 5.74) is 0.891. The molecule has 196 valence electrons. The lowest BCUT2D eigenvalue weighted by Gasteiger charge is -2.29. The number of esters is 1. The van der Waals surface area contributed by atoms with Gasteiger partial charge in [0.25, 0.3) is 5.91 Å². The summed E-state index contributed by atoms with van der Waals surface area (Å²) < 4.78 is 46.0. The van der Waals surface area contributed by atoms with Crippen LogP contribution in [0.25, 0.3) is 10.2 Å². The number of fused-ring (bicyclic) bond motifs is 2. The van der Waals surface area contributed by atoms with Crippen LogP contribution in [0.2, 0.25) is 0 Å². The van der Waals surface area contributed by atoms with Crippen molar-refractivity contribution in [3.63, 3.8) is 0 Å². The molecule has 1 fully saturated rings. The number of methoxy groups -OCH3 is 1. The molecular formula is C25H27N3O7S2. The molecule has 0 N–H and O–H groups in total. The predicted octanol–water partition coefficient (Wildman–Crippen LogP) is 2.81. The number of piperidine rings is 1. The minimum absolute atomic E-state index is 0.145. The third kappa shape index (κ3) is 5.13. The second-order valence-corrected chi connectivity index (χ2v) is 12.0. The maximum Gasteiger partial charge on any atom is 0.325 e. The maximum absolute atomic E-state index is 13.1. The summed E-state index contributed by atoms with van der Waals surface area (Å²) in [4.78, 5) is 29.9. The zero-order chi connectivity index (χ0) is 26.2. The fourth-order valence-electron chi connectivity index (χ4n) is 4.33. The van der Waals surface area contributed by atoms with Crippen LogP contribution in [0.1, 0.15) is 30.1 Å². The molecule has 3 aromatic rings. The third-order valence-electron chi connectivity index (χ3n) is 6.54. The van der Waals surface area contributed by atoms with E-state index in [2.05, 4.69) is 11.9 Å². The Labute approximate surface area is 218 Å². The highest BCUT2D eigenvalue weighted by Crippen LogP contribution is 2.35. The lowest BCUT2D eigenvalue weighted by molar-refractivity contribution is -0.141. The zero-order valence-corrected chi connectivity index (χ0v) is 22.1. The molecular weight excluding hydrogens is 518 g/mol. The number of ether oxygens (including phenoxy) is 3. The number of hydrogen-bond donors (Lipinski definition) is 0. The molecule has 1 saturated heterocycles. The first kappa shape index (κ1) is 25.4. The number of carbonyl (C=O) groups is 2. The SMILES string of the molecule is COC(=O)Cn1c(=NC(=O)c2ccc(S(=O)(=O)N3CCC(C)CC3)cc2)sc2cc3c(cc21)OCCO3. The van der Waals surface area contributed by atoms with Crippen molar-refractivity contribution in [3.8, 4) is 11.5 Å². The van der Waals surface area contributed by atoms with Crippen molar-refractivity contribution in [2.75, 3.05) is 33.4 Å². The Balaban J connectivity index is 1.47. The van der Waals surface area contributed by atoms with Crippen LogP contribution < -0.4 is 14.3 Å². The van der Waals surface area contributed by atoms with Crippen LogP contribution in [0.4, 0.5) is 0 Å². The quantitative estimate of drug-likeness (QED) is 0.453. The monoisotopic (exact) mass is 545 g/mol. The van der Waals surface area contributed by atoms with Gasteiger partial charge < -0.3 is 18.8 Å². The molecule has 10 nitrogen and oxygen atoms in total. The average molecular weight is 546 g/mol. The molecule has 2 aromatic carbocycles. The molecule has 1 amide bonds. The second kappa shape index (κ2) is 10.3. The Bertz CT molecular complexity index is 1520. The van der Waals surface area contributed by atoms with Crippen LogP contribution in [0.15, 0.2) is 46.3 Å². The van der Waals surface area contributed by atoms with E-state index in [1.165, 1.54) is 47.0 Å². The summed E-state index contributed by atoms with van der Waals surface area (Å²) in [5, 5.41) is 0.